The van der Waals surface area contributed by atoms with Crippen LogP contribution >= 0.6 is 11.3 Å². The molecule has 0 saturated carbocycles. The van der Waals surface area contributed by atoms with E-state index in [4.69, 9.17) is 10.5 Å². The fourth-order valence-electron chi connectivity index (χ4n) is 2.13. The lowest BCUT2D eigenvalue weighted by molar-refractivity contribution is 0.102. The Morgan fingerprint density at radius 3 is 3.19 bits per heavy atom. The molecule has 1 aliphatic rings. The molecule has 1 amide bonds. The number of carbonyl (C=O) groups is 1. The number of nitrogens with one attached hydrogen (secondary N) is 1. The van der Waals surface area contributed by atoms with Gasteiger partial charge in [0.2, 0.25) is 0 Å². The number of aromatic nitrogens is 1. The van der Waals surface area contributed by atoms with E-state index in [0.717, 1.165) is 28.7 Å². The van der Waals surface area contributed by atoms with Crippen LogP contribution in [0.4, 0.5) is 11.4 Å². The third-order valence-corrected chi connectivity index (χ3v) is 4.14. The monoisotopic (exact) mass is 304 g/mol. The largest absolute Gasteiger partial charge is 0.490 e. The first kappa shape index (κ1) is 13.8. The zero-order valence-corrected chi connectivity index (χ0v) is 12.4. The van der Waals surface area contributed by atoms with Crippen LogP contribution in [0.25, 0.3) is 0 Å². The van der Waals surface area contributed by atoms with Gasteiger partial charge in [0.25, 0.3) is 5.91 Å². The summed E-state index contributed by atoms with van der Waals surface area (Å²) >= 11 is 1.39. The minimum Gasteiger partial charge on any atom is -0.490 e. The lowest BCUT2D eigenvalue weighted by atomic mass is 10.2. The number of carbonyl (C=O) groups excluding carboxylic acids is 1. The highest BCUT2D eigenvalue weighted by Crippen LogP contribution is 2.33. The fraction of sp³-hybridized carbons (Fsp3) is 0.286. The second-order valence-corrected chi connectivity index (χ2v) is 5.68. The number of nitrogens with zero attached hydrogens (tertiary/aromatic N) is 2. The maximum atomic E-state index is 12.1. The molecule has 3 N–H and O–H groups in total. The van der Waals surface area contributed by atoms with E-state index in [1.165, 1.54) is 11.3 Å². The summed E-state index contributed by atoms with van der Waals surface area (Å²) in [5, 5.41) is 5.31. The standard InChI is InChI=1S/C14H16N4O2S/c1-18-4-5-20-12-3-2-9(6-11(12)18)16-14(19)10-8-21-13(7-15)17-10/h2-3,6,8H,4-5,7,15H2,1H3,(H,16,19). The van der Waals surface area contributed by atoms with Gasteiger partial charge in [0.05, 0.1) is 12.2 Å². The van der Waals surface area contributed by atoms with Gasteiger partial charge in [-0.3, -0.25) is 4.79 Å². The molecule has 0 bridgehead atoms. The summed E-state index contributed by atoms with van der Waals surface area (Å²) in [4.78, 5) is 18.4. The number of nitrogens with two attached hydrogens (primary N) is 1. The minimum atomic E-state index is -0.231. The van der Waals surface area contributed by atoms with Crippen molar-refractivity contribution in [2.24, 2.45) is 5.73 Å². The van der Waals surface area contributed by atoms with Crippen LogP contribution in [0.1, 0.15) is 15.5 Å². The highest BCUT2D eigenvalue weighted by molar-refractivity contribution is 7.09. The summed E-state index contributed by atoms with van der Waals surface area (Å²) in [6.07, 6.45) is 0. The highest BCUT2D eigenvalue weighted by atomic mass is 32.1. The number of rotatable bonds is 3. The van der Waals surface area contributed by atoms with Crippen molar-refractivity contribution in [1.29, 1.82) is 0 Å². The molecule has 0 atom stereocenters. The first-order valence-electron chi connectivity index (χ1n) is 6.61. The van der Waals surface area contributed by atoms with Gasteiger partial charge in [-0.1, -0.05) is 0 Å². The van der Waals surface area contributed by atoms with E-state index >= 15 is 0 Å². The third-order valence-electron chi connectivity index (χ3n) is 3.27. The highest BCUT2D eigenvalue weighted by Gasteiger charge is 2.16. The van der Waals surface area contributed by atoms with Crippen LogP contribution in [0.2, 0.25) is 0 Å². The molecule has 0 saturated heterocycles. The van der Waals surface area contributed by atoms with Gasteiger partial charge in [0.15, 0.2) is 0 Å². The smallest absolute Gasteiger partial charge is 0.275 e. The van der Waals surface area contributed by atoms with Gasteiger partial charge < -0.3 is 20.7 Å². The number of fused-ring (bicyclic) bond motifs is 1. The van der Waals surface area contributed by atoms with Gasteiger partial charge >= 0.3 is 0 Å². The SMILES string of the molecule is CN1CCOc2ccc(NC(=O)c3csc(CN)n3)cc21. The van der Waals surface area contributed by atoms with Gasteiger partial charge in [-0.05, 0) is 18.2 Å². The maximum Gasteiger partial charge on any atom is 0.275 e. The Hall–Kier alpha value is -2.12. The van der Waals surface area contributed by atoms with Crippen molar-refractivity contribution >= 4 is 28.6 Å². The third kappa shape index (κ3) is 2.84. The Kier molecular flexibility index (Phi) is 3.76. The molecule has 3 rings (SSSR count). The predicted molar refractivity (Wildman–Crippen MR) is 83.2 cm³/mol. The van der Waals surface area contributed by atoms with Crippen LogP contribution in [0.5, 0.6) is 5.75 Å². The summed E-state index contributed by atoms with van der Waals surface area (Å²) in [6.45, 7) is 1.85. The fourth-order valence-corrected chi connectivity index (χ4v) is 2.79. The van der Waals surface area contributed by atoms with Gasteiger partial charge in [-0.2, -0.15) is 0 Å². The first-order chi connectivity index (χ1) is 10.2. The van der Waals surface area contributed by atoms with Crippen LogP contribution in [0.3, 0.4) is 0 Å². The molecule has 0 radical (unpaired) electrons. The van der Waals surface area contributed by atoms with Gasteiger partial charge in [-0.15, -0.1) is 11.3 Å². The Morgan fingerprint density at radius 2 is 2.43 bits per heavy atom. The lowest BCUT2D eigenvalue weighted by Crippen LogP contribution is -2.28. The van der Waals surface area contributed by atoms with Gasteiger partial charge in [-0.25, -0.2) is 4.98 Å². The normalized spacial score (nSPS) is 13.5. The number of hydrogen-bond donors (Lipinski definition) is 2. The quantitative estimate of drug-likeness (QED) is 0.902. The summed E-state index contributed by atoms with van der Waals surface area (Å²) in [6, 6.07) is 5.60. The molecule has 21 heavy (non-hydrogen) atoms. The zero-order chi connectivity index (χ0) is 14.8. The average molecular weight is 304 g/mol. The number of ether oxygens (including phenoxy) is 1. The van der Waals surface area contributed by atoms with E-state index in [-0.39, 0.29) is 5.91 Å². The van der Waals surface area contributed by atoms with E-state index in [1.807, 2.05) is 25.2 Å². The molecule has 0 aliphatic carbocycles. The predicted octanol–water partition coefficient (Wildman–Crippen LogP) is 1.68. The number of amides is 1. The summed E-state index contributed by atoms with van der Waals surface area (Å²) in [5.41, 5.74) is 7.59. The topological polar surface area (TPSA) is 80.5 Å². The van der Waals surface area contributed by atoms with E-state index in [1.54, 1.807) is 5.38 Å². The van der Waals surface area contributed by atoms with Crippen molar-refractivity contribution in [3.63, 3.8) is 0 Å². The molecular weight excluding hydrogens is 288 g/mol. The molecule has 0 spiro atoms. The van der Waals surface area contributed by atoms with Crippen LogP contribution in [0, 0.1) is 0 Å². The number of anilines is 2. The Morgan fingerprint density at radius 1 is 1.57 bits per heavy atom. The second kappa shape index (κ2) is 5.71. The first-order valence-corrected chi connectivity index (χ1v) is 7.49. The van der Waals surface area contributed by atoms with Crippen LogP contribution < -0.4 is 20.7 Å². The van der Waals surface area contributed by atoms with E-state index in [0.29, 0.717) is 18.8 Å². The van der Waals surface area contributed by atoms with Crippen molar-refractivity contribution < 1.29 is 9.53 Å². The molecule has 7 heteroatoms. The summed E-state index contributed by atoms with van der Waals surface area (Å²) < 4.78 is 5.58. The molecule has 1 aromatic carbocycles. The molecule has 6 nitrogen and oxygen atoms in total. The van der Waals surface area contributed by atoms with Crippen molar-refractivity contribution in [2.75, 3.05) is 30.4 Å². The minimum absolute atomic E-state index is 0.231. The Balaban J connectivity index is 1.78. The van der Waals surface area contributed by atoms with Crippen molar-refractivity contribution in [1.82, 2.24) is 4.98 Å². The molecule has 2 heterocycles. The van der Waals surface area contributed by atoms with E-state index in [9.17, 15) is 4.79 Å². The maximum absolute atomic E-state index is 12.1. The number of likely N-dealkylation sites (N-methyl/N-ethyl adjacent to an activating group) is 1. The van der Waals surface area contributed by atoms with Crippen LogP contribution in [-0.2, 0) is 6.54 Å². The molecule has 0 fully saturated rings. The number of hydrogen-bond acceptors (Lipinski definition) is 6. The van der Waals surface area contributed by atoms with E-state index in [2.05, 4.69) is 15.2 Å². The Bertz CT molecular complexity index is 671. The van der Waals surface area contributed by atoms with E-state index < -0.39 is 0 Å². The molecule has 1 aromatic heterocycles. The molecule has 1 aliphatic heterocycles. The molecular formula is C14H16N4O2S. The number of thiazole rings is 1. The average Bonchev–Trinajstić information content (AvgIpc) is 2.97. The van der Waals surface area contributed by atoms with Gasteiger partial charge in [0, 0.05) is 24.7 Å². The second-order valence-electron chi connectivity index (χ2n) is 4.74. The Labute approximate surface area is 126 Å². The molecule has 0 unspecified atom stereocenters. The zero-order valence-electron chi connectivity index (χ0n) is 11.6. The number of benzene rings is 1. The summed E-state index contributed by atoms with van der Waals surface area (Å²) in [7, 11) is 2.00. The van der Waals surface area contributed by atoms with Crippen LogP contribution in [0.15, 0.2) is 23.6 Å². The van der Waals surface area contributed by atoms with Crippen molar-refractivity contribution in [2.45, 2.75) is 6.54 Å². The van der Waals surface area contributed by atoms with Crippen molar-refractivity contribution in [3.05, 3.63) is 34.3 Å². The molecule has 2 aromatic rings. The van der Waals surface area contributed by atoms with Crippen molar-refractivity contribution in [3.8, 4) is 5.75 Å². The molecule has 110 valence electrons. The van der Waals surface area contributed by atoms with Gasteiger partial charge in [0.1, 0.15) is 23.1 Å². The summed E-state index contributed by atoms with van der Waals surface area (Å²) in [5.74, 6) is 0.603. The van der Waals surface area contributed by atoms with Crippen LogP contribution in [-0.4, -0.2) is 31.1 Å². The lowest BCUT2D eigenvalue weighted by Gasteiger charge is -2.28.